The number of carbonyl (C=O) groups excluding carboxylic acids is 3. The zero-order valence-electron chi connectivity index (χ0n) is 15.8. The van der Waals surface area contributed by atoms with E-state index >= 15 is 0 Å². The van der Waals surface area contributed by atoms with Gasteiger partial charge in [0.1, 0.15) is 4.88 Å². The second-order valence-corrected chi connectivity index (χ2v) is 7.15. The van der Waals surface area contributed by atoms with E-state index in [0.717, 1.165) is 22.2 Å². The van der Waals surface area contributed by atoms with Crippen LogP contribution in [-0.4, -0.2) is 31.1 Å². The summed E-state index contributed by atoms with van der Waals surface area (Å²) in [5.74, 6) is -3.13. The number of ether oxygens (including phenoxy) is 1. The van der Waals surface area contributed by atoms with Crippen LogP contribution >= 0.6 is 11.3 Å². The SMILES string of the molecule is CCOC(=O)c1cc2cc(NC(=O)NCC(=O)Nc3ccc(F)c(F)c3)ccc2s1. The van der Waals surface area contributed by atoms with Crippen LogP contribution in [0, 0.1) is 11.6 Å². The Balaban J connectivity index is 1.54. The molecule has 3 amide bonds. The maximum Gasteiger partial charge on any atom is 0.348 e. The zero-order chi connectivity index (χ0) is 21.7. The lowest BCUT2D eigenvalue weighted by Gasteiger charge is -2.09. The molecule has 0 saturated heterocycles. The molecule has 0 aliphatic heterocycles. The van der Waals surface area contributed by atoms with Crippen LogP contribution in [0.3, 0.4) is 0 Å². The van der Waals surface area contributed by atoms with Crippen molar-refractivity contribution in [2.45, 2.75) is 6.92 Å². The molecule has 0 atom stereocenters. The van der Waals surface area contributed by atoms with Gasteiger partial charge in [0.15, 0.2) is 11.6 Å². The van der Waals surface area contributed by atoms with Gasteiger partial charge >= 0.3 is 12.0 Å². The number of anilines is 2. The van der Waals surface area contributed by atoms with Gasteiger partial charge in [-0.15, -0.1) is 11.3 Å². The molecule has 0 unspecified atom stereocenters. The van der Waals surface area contributed by atoms with Crippen LogP contribution in [0.2, 0.25) is 0 Å². The molecule has 10 heteroatoms. The summed E-state index contributed by atoms with van der Waals surface area (Å²) in [5, 5.41) is 8.05. The van der Waals surface area contributed by atoms with Crippen LogP contribution in [0.15, 0.2) is 42.5 Å². The number of carbonyl (C=O) groups is 3. The number of halogens is 2. The number of hydrogen-bond acceptors (Lipinski definition) is 5. The van der Waals surface area contributed by atoms with Gasteiger partial charge in [0.05, 0.1) is 13.2 Å². The predicted molar refractivity (Wildman–Crippen MR) is 110 cm³/mol. The van der Waals surface area contributed by atoms with E-state index in [0.29, 0.717) is 10.6 Å². The standard InChI is InChI=1S/C20H17F2N3O4S/c1-2-29-19(27)17-8-11-7-12(4-6-16(11)30-17)25-20(28)23-10-18(26)24-13-3-5-14(21)15(22)9-13/h3-9H,2,10H2,1H3,(H,24,26)(H2,23,25,28). The minimum absolute atomic E-state index is 0.0708. The van der Waals surface area contributed by atoms with Crippen molar-refractivity contribution in [2.75, 3.05) is 23.8 Å². The molecule has 0 saturated carbocycles. The van der Waals surface area contributed by atoms with Gasteiger partial charge in [0.2, 0.25) is 5.91 Å². The van der Waals surface area contributed by atoms with Crippen LogP contribution in [0.1, 0.15) is 16.6 Å². The molecule has 3 aromatic rings. The molecule has 1 aromatic heterocycles. The van der Waals surface area contributed by atoms with Gasteiger partial charge in [-0.2, -0.15) is 0 Å². The van der Waals surface area contributed by atoms with Crippen molar-refractivity contribution < 1.29 is 27.9 Å². The molecule has 30 heavy (non-hydrogen) atoms. The van der Waals surface area contributed by atoms with Crippen LogP contribution in [0.4, 0.5) is 25.0 Å². The van der Waals surface area contributed by atoms with Crippen molar-refractivity contribution in [1.29, 1.82) is 0 Å². The average Bonchev–Trinajstić information content (AvgIpc) is 3.13. The highest BCUT2D eigenvalue weighted by Crippen LogP contribution is 2.28. The zero-order valence-corrected chi connectivity index (χ0v) is 16.6. The van der Waals surface area contributed by atoms with Gasteiger partial charge in [-0.05, 0) is 48.7 Å². The largest absolute Gasteiger partial charge is 0.462 e. The number of hydrogen-bond donors (Lipinski definition) is 3. The molecule has 3 rings (SSSR count). The maximum absolute atomic E-state index is 13.2. The fourth-order valence-electron chi connectivity index (χ4n) is 2.54. The Morgan fingerprint density at radius 2 is 1.70 bits per heavy atom. The van der Waals surface area contributed by atoms with E-state index in [-0.39, 0.29) is 18.8 Å². The summed E-state index contributed by atoms with van der Waals surface area (Å²) < 4.78 is 31.9. The van der Waals surface area contributed by atoms with Crippen molar-refractivity contribution in [1.82, 2.24) is 5.32 Å². The summed E-state index contributed by atoms with van der Waals surface area (Å²) in [4.78, 5) is 36.2. The molecule has 1 heterocycles. The van der Waals surface area contributed by atoms with E-state index in [4.69, 9.17) is 4.74 Å². The first-order valence-corrected chi connectivity index (χ1v) is 9.68. The molecule has 7 nitrogen and oxygen atoms in total. The highest BCUT2D eigenvalue weighted by molar-refractivity contribution is 7.20. The first kappa shape index (κ1) is 21.2. The number of nitrogens with one attached hydrogen (secondary N) is 3. The molecule has 0 bridgehead atoms. The van der Waals surface area contributed by atoms with Gasteiger partial charge in [-0.1, -0.05) is 0 Å². The number of rotatable bonds is 6. The Morgan fingerprint density at radius 1 is 0.967 bits per heavy atom. The quantitative estimate of drug-likeness (QED) is 0.510. The van der Waals surface area contributed by atoms with Gasteiger partial charge < -0.3 is 20.7 Å². The molecule has 0 aliphatic rings. The molecule has 0 aliphatic carbocycles. The summed E-state index contributed by atoms with van der Waals surface area (Å²) in [6, 6.07) is 9.09. The van der Waals surface area contributed by atoms with Crippen molar-refractivity contribution in [3.63, 3.8) is 0 Å². The van der Waals surface area contributed by atoms with E-state index in [1.54, 1.807) is 31.2 Å². The lowest BCUT2D eigenvalue weighted by molar-refractivity contribution is -0.115. The van der Waals surface area contributed by atoms with E-state index in [1.807, 2.05) is 0 Å². The summed E-state index contributed by atoms with van der Waals surface area (Å²) in [6.07, 6.45) is 0. The number of amides is 3. The molecule has 0 spiro atoms. The Labute approximate surface area is 174 Å². The normalized spacial score (nSPS) is 10.5. The first-order valence-electron chi connectivity index (χ1n) is 8.86. The highest BCUT2D eigenvalue weighted by Gasteiger charge is 2.12. The Bertz CT molecular complexity index is 1120. The number of urea groups is 1. The average molecular weight is 433 g/mol. The number of benzene rings is 2. The van der Waals surface area contributed by atoms with Crippen LogP contribution in [-0.2, 0) is 9.53 Å². The van der Waals surface area contributed by atoms with Crippen LogP contribution < -0.4 is 16.0 Å². The van der Waals surface area contributed by atoms with Crippen LogP contribution in [0.25, 0.3) is 10.1 Å². The van der Waals surface area contributed by atoms with E-state index in [1.165, 1.54) is 17.4 Å². The Kier molecular flexibility index (Phi) is 6.58. The summed E-state index contributed by atoms with van der Waals surface area (Å²) >= 11 is 1.28. The van der Waals surface area contributed by atoms with Crippen molar-refractivity contribution in [3.05, 3.63) is 59.0 Å². The first-order chi connectivity index (χ1) is 14.4. The Hall–Kier alpha value is -3.53. The lowest BCUT2D eigenvalue weighted by Crippen LogP contribution is -2.35. The fourth-order valence-corrected chi connectivity index (χ4v) is 3.48. The van der Waals surface area contributed by atoms with Gasteiger partial charge in [0.25, 0.3) is 0 Å². The number of thiophene rings is 1. The second-order valence-electron chi connectivity index (χ2n) is 6.07. The molecule has 0 radical (unpaired) electrons. The monoisotopic (exact) mass is 433 g/mol. The van der Waals surface area contributed by atoms with E-state index in [9.17, 15) is 23.2 Å². The number of fused-ring (bicyclic) bond motifs is 1. The maximum atomic E-state index is 13.2. The lowest BCUT2D eigenvalue weighted by atomic mass is 10.2. The molecule has 2 aromatic carbocycles. The summed E-state index contributed by atoms with van der Waals surface area (Å²) in [6.45, 7) is 1.63. The predicted octanol–water partition coefficient (Wildman–Crippen LogP) is 4.12. The topological polar surface area (TPSA) is 96.5 Å². The fraction of sp³-hybridized carbons (Fsp3) is 0.150. The highest BCUT2D eigenvalue weighted by atomic mass is 32.1. The van der Waals surface area contributed by atoms with Gasteiger partial charge in [-0.3, -0.25) is 4.79 Å². The minimum Gasteiger partial charge on any atom is -0.462 e. The van der Waals surface area contributed by atoms with E-state index in [2.05, 4.69) is 16.0 Å². The molecular formula is C20H17F2N3O4S. The van der Waals surface area contributed by atoms with Gasteiger partial charge in [-0.25, -0.2) is 18.4 Å². The molecule has 156 valence electrons. The second kappa shape index (κ2) is 9.31. The van der Waals surface area contributed by atoms with E-state index < -0.39 is 29.5 Å². The molecule has 3 N–H and O–H groups in total. The van der Waals surface area contributed by atoms with Gasteiger partial charge in [0, 0.05) is 22.1 Å². The minimum atomic E-state index is -1.09. The Morgan fingerprint density at radius 3 is 2.43 bits per heavy atom. The number of esters is 1. The van der Waals surface area contributed by atoms with Crippen LogP contribution in [0.5, 0.6) is 0 Å². The van der Waals surface area contributed by atoms with Crippen molar-refractivity contribution >= 4 is 50.7 Å². The summed E-state index contributed by atoms with van der Waals surface area (Å²) in [7, 11) is 0. The summed E-state index contributed by atoms with van der Waals surface area (Å²) in [5.41, 5.74) is 0.538. The third kappa shape index (κ3) is 5.29. The molecular weight excluding hydrogens is 416 g/mol. The van der Waals surface area contributed by atoms with Crippen molar-refractivity contribution in [3.8, 4) is 0 Å². The van der Waals surface area contributed by atoms with Crippen molar-refractivity contribution in [2.24, 2.45) is 0 Å². The third-order valence-corrected chi connectivity index (χ3v) is 4.96. The smallest absolute Gasteiger partial charge is 0.348 e. The molecule has 0 fully saturated rings. The third-order valence-electron chi connectivity index (χ3n) is 3.86.